The highest BCUT2D eigenvalue weighted by Crippen LogP contribution is 2.22. The average Bonchev–Trinajstić information content (AvgIpc) is 2.62. The number of halogens is 2. The molecule has 2 aromatic rings. The highest BCUT2D eigenvalue weighted by atomic mass is 35.5. The Hall–Kier alpha value is -2.24. The molecule has 0 spiro atoms. The van der Waals surface area contributed by atoms with Crippen LogP contribution in [0, 0.1) is 6.92 Å². The molecule has 0 heterocycles. The Kier molecular flexibility index (Phi) is 7.30. The van der Waals surface area contributed by atoms with Crippen LogP contribution < -0.4 is 15.4 Å². The fraction of sp³-hybridized carbons (Fsp3) is 0.263. The lowest BCUT2D eigenvalue weighted by molar-refractivity contribution is -0.120. The highest BCUT2D eigenvalue weighted by Gasteiger charge is 2.10. The van der Waals surface area contributed by atoms with Gasteiger partial charge < -0.3 is 15.4 Å². The van der Waals surface area contributed by atoms with E-state index in [2.05, 4.69) is 10.6 Å². The van der Waals surface area contributed by atoms with E-state index in [9.17, 15) is 9.59 Å². The summed E-state index contributed by atoms with van der Waals surface area (Å²) in [4.78, 5) is 23.9. The molecule has 0 aromatic heterocycles. The number of amides is 2. The van der Waals surface area contributed by atoms with E-state index >= 15 is 0 Å². The topological polar surface area (TPSA) is 67.4 Å². The number of carbonyl (C=O) groups excluding carboxylic acids is 2. The molecular formula is C19H20Cl2N2O3. The highest BCUT2D eigenvalue weighted by molar-refractivity contribution is 6.42. The summed E-state index contributed by atoms with van der Waals surface area (Å²) in [6, 6.07) is 10.4. The zero-order valence-corrected chi connectivity index (χ0v) is 16.1. The lowest BCUT2D eigenvalue weighted by atomic mass is 10.1. The third-order valence-corrected chi connectivity index (χ3v) is 4.48. The molecule has 0 aliphatic carbocycles. The quantitative estimate of drug-likeness (QED) is 0.755. The summed E-state index contributed by atoms with van der Waals surface area (Å²) in [5.74, 6) is 0.127. The molecule has 0 saturated heterocycles. The Balaban J connectivity index is 1.79. The minimum absolute atomic E-state index is 0.121. The van der Waals surface area contributed by atoms with E-state index in [-0.39, 0.29) is 23.4 Å². The summed E-state index contributed by atoms with van der Waals surface area (Å²) in [6.45, 7) is 2.32. The Bertz CT molecular complexity index is 809. The maximum absolute atomic E-state index is 12.0. The van der Waals surface area contributed by atoms with E-state index in [1.807, 2.05) is 25.1 Å². The number of methoxy groups -OCH3 is 1. The number of carbonyl (C=O) groups is 2. The molecule has 7 heteroatoms. The van der Waals surface area contributed by atoms with Gasteiger partial charge >= 0.3 is 0 Å². The van der Waals surface area contributed by atoms with Gasteiger partial charge in [-0.1, -0.05) is 40.9 Å². The maximum atomic E-state index is 12.0. The molecule has 0 aliphatic rings. The van der Waals surface area contributed by atoms with Crippen LogP contribution in [0.4, 0.5) is 0 Å². The van der Waals surface area contributed by atoms with Gasteiger partial charge in [-0.15, -0.1) is 0 Å². The van der Waals surface area contributed by atoms with Crippen molar-refractivity contribution < 1.29 is 14.3 Å². The van der Waals surface area contributed by atoms with Crippen LogP contribution in [0.25, 0.3) is 0 Å². The maximum Gasteiger partial charge on any atom is 0.251 e. The molecule has 0 fully saturated rings. The number of aryl methyl sites for hydroxylation is 1. The van der Waals surface area contributed by atoms with Gasteiger partial charge in [-0.3, -0.25) is 9.59 Å². The lowest BCUT2D eigenvalue weighted by Gasteiger charge is -2.11. The fourth-order valence-electron chi connectivity index (χ4n) is 2.40. The van der Waals surface area contributed by atoms with Crippen molar-refractivity contribution in [3.8, 4) is 5.75 Å². The van der Waals surface area contributed by atoms with E-state index in [4.69, 9.17) is 27.9 Å². The first kappa shape index (κ1) is 20.1. The van der Waals surface area contributed by atoms with E-state index < -0.39 is 0 Å². The second-order valence-electron chi connectivity index (χ2n) is 5.73. The zero-order valence-electron chi connectivity index (χ0n) is 14.6. The number of benzene rings is 2. The molecule has 0 radical (unpaired) electrons. The van der Waals surface area contributed by atoms with Crippen molar-refractivity contribution in [2.75, 3.05) is 20.2 Å². The number of nitrogens with one attached hydrogen (secondary N) is 2. The largest absolute Gasteiger partial charge is 0.496 e. The minimum Gasteiger partial charge on any atom is -0.496 e. The fourth-order valence-corrected chi connectivity index (χ4v) is 2.70. The summed E-state index contributed by atoms with van der Waals surface area (Å²) in [7, 11) is 1.62. The monoisotopic (exact) mass is 394 g/mol. The Morgan fingerprint density at radius 1 is 1.04 bits per heavy atom. The van der Waals surface area contributed by atoms with Gasteiger partial charge in [0.25, 0.3) is 5.91 Å². The van der Waals surface area contributed by atoms with Gasteiger partial charge in [-0.05, 0) is 43.2 Å². The van der Waals surface area contributed by atoms with Crippen molar-refractivity contribution in [3.05, 3.63) is 63.1 Å². The van der Waals surface area contributed by atoms with Gasteiger partial charge in [0.05, 0.1) is 23.7 Å². The van der Waals surface area contributed by atoms with Crippen LogP contribution in [0.2, 0.25) is 10.0 Å². The number of rotatable bonds is 7. The number of ether oxygens (including phenoxy) is 1. The first-order chi connectivity index (χ1) is 12.4. The van der Waals surface area contributed by atoms with Crippen molar-refractivity contribution in [1.29, 1.82) is 0 Å². The molecule has 2 amide bonds. The van der Waals surface area contributed by atoms with Gasteiger partial charge in [0.15, 0.2) is 0 Å². The molecular weight excluding hydrogens is 375 g/mol. The van der Waals surface area contributed by atoms with Crippen LogP contribution in [-0.2, 0) is 11.2 Å². The van der Waals surface area contributed by atoms with Crippen LogP contribution in [0.1, 0.15) is 21.5 Å². The Morgan fingerprint density at radius 2 is 1.81 bits per heavy atom. The summed E-state index contributed by atoms with van der Waals surface area (Å²) in [6.07, 6.45) is 0.636. The zero-order chi connectivity index (χ0) is 19.1. The van der Waals surface area contributed by atoms with E-state index in [0.29, 0.717) is 23.6 Å². The standard InChI is InChI=1S/C19H20Cl2N2O3/c1-12-3-6-17(26-2)13(9-12)7-8-22-18(24)11-23-19(25)14-4-5-15(20)16(21)10-14/h3-6,9-10H,7-8,11H2,1-2H3,(H,22,24)(H,23,25). The van der Waals surface area contributed by atoms with Crippen LogP contribution in [0.5, 0.6) is 5.75 Å². The van der Waals surface area contributed by atoms with E-state index in [1.54, 1.807) is 13.2 Å². The van der Waals surface area contributed by atoms with Crippen molar-refractivity contribution in [2.24, 2.45) is 0 Å². The van der Waals surface area contributed by atoms with Crippen LogP contribution >= 0.6 is 23.2 Å². The predicted molar refractivity (Wildman–Crippen MR) is 103 cm³/mol. The van der Waals surface area contributed by atoms with Crippen LogP contribution in [0.15, 0.2) is 36.4 Å². The normalized spacial score (nSPS) is 10.3. The average molecular weight is 395 g/mol. The third kappa shape index (κ3) is 5.64. The molecule has 2 N–H and O–H groups in total. The van der Waals surface area contributed by atoms with Gasteiger partial charge in [-0.25, -0.2) is 0 Å². The first-order valence-electron chi connectivity index (χ1n) is 8.04. The number of hydrogen-bond donors (Lipinski definition) is 2. The molecule has 2 aromatic carbocycles. The minimum atomic E-state index is -0.390. The molecule has 26 heavy (non-hydrogen) atoms. The van der Waals surface area contributed by atoms with Crippen molar-refractivity contribution in [1.82, 2.24) is 10.6 Å². The first-order valence-corrected chi connectivity index (χ1v) is 8.79. The molecule has 0 bridgehead atoms. The van der Waals surface area contributed by atoms with Gasteiger partial charge in [0.2, 0.25) is 5.91 Å². The summed E-state index contributed by atoms with van der Waals surface area (Å²) in [5, 5.41) is 5.98. The molecule has 0 saturated carbocycles. The second-order valence-corrected chi connectivity index (χ2v) is 6.54. The molecule has 138 valence electrons. The van der Waals surface area contributed by atoms with Crippen molar-refractivity contribution >= 4 is 35.0 Å². The molecule has 2 rings (SSSR count). The molecule has 5 nitrogen and oxygen atoms in total. The molecule has 0 atom stereocenters. The summed E-state index contributed by atoms with van der Waals surface area (Å²) >= 11 is 11.7. The third-order valence-electron chi connectivity index (χ3n) is 3.74. The SMILES string of the molecule is COc1ccc(C)cc1CCNC(=O)CNC(=O)c1ccc(Cl)c(Cl)c1. The smallest absolute Gasteiger partial charge is 0.251 e. The Morgan fingerprint density at radius 3 is 2.50 bits per heavy atom. The van der Waals surface area contributed by atoms with Gasteiger partial charge in [0.1, 0.15) is 5.75 Å². The van der Waals surface area contributed by atoms with E-state index in [0.717, 1.165) is 16.9 Å². The predicted octanol–water partition coefficient (Wildman–Crippen LogP) is 3.40. The van der Waals surface area contributed by atoms with Crippen molar-refractivity contribution in [2.45, 2.75) is 13.3 Å². The van der Waals surface area contributed by atoms with Gasteiger partial charge in [0, 0.05) is 12.1 Å². The van der Waals surface area contributed by atoms with Crippen LogP contribution in [0.3, 0.4) is 0 Å². The lowest BCUT2D eigenvalue weighted by Crippen LogP contribution is -2.37. The summed E-state index contributed by atoms with van der Waals surface area (Å²) < 4.78 is 5.31. The number of hydrogen-bond acceptors (Lipinski definition) is 3. The second kappa shape index (κ2) is 9.46. The Labute approximate surface area is 162 Å². The van der Waals surface area contributed by atoms with Gasteiger partial charge in [-0.2, -0.15) is 0 Å². The van der Waals surface area contributed by atoms with Crippen molar-refractivity contribution in [3.63, 3.8) is 0 Å². The molecule has 0 unspecified atom stereocenters. The van der Waals surface area contributed by atoms with Crippen LogP contribution in [-0.4, -0.2) is 32.0 Å². The van der Waals surface area contributed by atoms with E-state index in [1.165, 1.54) is 12.1 Å². The molecule has 0 aliphatic heterocycles. The summed E-state index contributed by atoms with van der Waals surface area (Å²) in [5.41, 5.74) is 2.49.